The van der Waals surface area contributed by atoms with Gasteiger partial charge in [-0.2, -0.15) is 0 Å². The van der Waals surface area contributed by atoms with Gasteiger partial charge in [-0.1, -0.05) is 18.2 Å². The number of pyridine rings is 1. The quantitative estimate of drug-likeness (QED) is 0.337. The Balaban J connectivity index is 0.00000256. The molecule has 0 bridgehead atoms. The molecule has 7 heteroatoms. The minimum atomic E-state index is 0. The molecule has 1 aliphatic heterocycles. The van der Waals surface area contributed by atoms with Crippen LogP contribution in [-0.4, -0.2) is 48.7 Å². The summed E-state index contributed by atoms with van der Waals surface area (Å²) in [6.45, 7) is 3.35. The van der Waals surface area contributed by atoms with Crippen molar-refractivity contribution in [2.75, 3.05) is 26.7 Å². The summed E-state index contributed by atoms with van der Waals surface area (Å²) in [6.07, 6.45) is 6.62. The number of aliphatic imine (C=N–C) groups is 1. The van der Waals surface area contributed by atoms with Gasteiger partial charge in [0.1, 0.15) is 11.9 Å². The van der Waals surface area contributed by atoms with Gasteiger partial charge in [-0.05, 0) is 42.5 Å². The van der Waals surface area contributed by atoms with E-state index >= 15 is 0 Å². The van der Waals surface area contributed by atoms with Gasteiger partial charge in [0.2, 0.25) is 5.88 Å². The molecule has 2 aromatic rings. The predicted molar refractivity (Wildman–Crippen MR) is 130 cm³/mol. The zero-order valence-electron chi connectivity index (χ0n) is 17.5. The number of para-hydroxylation sites is 1. The van der Waals surface area contributed by atoms with E-state index in [1.807, 2.05) is 55.7 Å². The van der Waals surface area contributed by atoms with Gasteiger partial charge in [-0.25, -0.2) is 4.98 Å². The van der Waals surface area contributed by atoms with Crippen LogP contribution in [0.2, 0.25) is 0 Å². The summed E-state index contributed by atoms with van der Waals surface area (Å²) in [5, 5.41) is 3.48. The number of nitrogens with zero attached hydrogens (tertiary/aromatic N) is 3. The summed E-state index contributed by atoms with van der Waals surface area (Å²) in [5.41, 5.74) is 1.15. The third-order valence-electron chi connectivity index (χ3n) is 5.41. The van der Waals surface area contributed by atoms with Crippen LogP contribution in [0.3, 0.4) is 0 Å². The molecule has 0 unspecified atom stereocenters. The maximum Gasteiger partial charge on any atom is 0.213 e. The fraction of sp³-hybridized carbons (Fsp3) is 0.478. The number of rotatable bonds is 7. The second kappa shape index (κ2) is 11.4. The first-order valence-corrected chi connectivity index (χ1v) is 10.5. The maximum absolute atomic E-state index is 6.10. The van der Waals surface area contributed by atoms with Gasteiger partial charge in [-0.15, -0.1) is 24.0 Å². The number of likely N-dealkylation sites (tertiary alicyclic amines) is 1. The van der Waals surface area contributed by atoms with E-state index in [0.717, 1.165) is 55.7 Å². The van der Waals surface area contributed by atoms with Crippen molar-refractivity contribution in [3.05, 3.63) is 54.2 Å². The van der Waals surface area contributed by atoms with Gasteiger partial charge in [0.15, 0.2) is 5.96 Å². The number of nitrogens with one attached hydrogen (secondary N) is 1. The topological polar surface area (TPSA) is 59.0 Å². The first-order valence-electron chi connectivity index (χ1n) is 10.5. The number of ether oxygens (including phenoxy) is 2. The lowest BCUT2D eigenvalue weighted by Gasteiger charge is -2.34. The van der Waals surface area contributed by atoms with E-state index in [2.05, 4.69) is 20.2 Å². The van der Waals surface area contributed by atoms with Gasteiger partial charge in [0, 0.05) is 51.8 Å². The standard InChI is InChI=1S/C23H30N4O2.HI/c1-24-23(26-16-19-9-12-25-22(15-19)28-17-18-7-8-18)27-13-10-21(11-14-27)29-20-5-3-2-4-6-20;/h2-6,9,12,15,18,21H,7-8,10-11,13-14,16-17H2,1H3,(H,24,26);1H. The first kappa shape index (κ1) is 22.7. The highest BCUT2D eigenvalue weighted by molar-refractivity contribution is 14.0. The maximum atomic E-state index is 6.10. The Labute approximate surface area is 196 Å². The molecule has 1 aromatic carbocycles. The average molecular weight is 522 g/mol. The zero-order valence-corrected chi connectivity index (χ0v) is 19.8. The number of hydrogen-bond acceptors (Lipinski definition) is 4. The number of halogens is 1. The third-order valence-corrected chi connectivity index (χ3v) is 5.41. The van der Waals surface area contributed by atoms with E-state index in [1.165, 1.54) is 12.8 Å². The fourth-order valence-corrected chi connectivity index (χ4v) is 3.52. The van der Waals surface area contributed by atoms with Crippen molar-refractivity contribution in [3.8, 4) is 11.6 Å². The molecule has 2 fully saturated rings. The summed E-state index contributed by atoms with van der Waals surface area (Å²) >= 11 is 0. The lowest BCUT2D eigenvalue weighted by molar-refractivity contribution is 0.129. The van der Waals surface area contributed by atoms with Crippen molar-refractivity contribution in [2.45, 2.75) is 38.3 Å². The minimum Gasteiger partial charge on any atom is -0.490 e. The van der Waals surface area contributed by atoms with Gasteiger partial charge in [0.25, 0.3) is 0 Å². The van der Waals surface area contributed by atoms with Crippen molar-refractivity contribution in [1.29, 1.82) is 0 Å². The molecule has 1 aromatic heterocycles. The second-order valence-electron chi connectivity index (χ2n) is 7.77. The van der Waals surface area contributed by atoms with Crippen molar-refractivity contribution >= 4 is 29.9 Å². The average Bonchev–Trinajstić information content (AvgIpc) is 3.59. The van der Waals surface area contributed by atoms with Gasteiger partial charge < -0.3 is 19.7 Å². The highest BCUT2D eigenvalue weighted by atomic mass is 127. The van der Waals surface area contributed by atoms with E-state index in [4.69, 9.17) is 9.47 Å². The highest BCUT2D eigenvalue weighted by Gasteiger charge is 2.23. The van der Waals surface area contributed by atoms with Crippen molar-refractivity contribution in [1.82, 2.24) is 15.2 Å². The Morgan fingerprint density at radius 1 is 1.13 bits per heavy atom. The van der Waals surface area contributed by atoms with Gasteiger partial charge in [0.05, 0.1) is 6.61 Å². The number of aromatic nitrogens is 1. The fourth-order valence-electron chi connectivity index (χ4n) is 3.52. The molecular formula is C23H31IN4O2. The van der Waals surface area contributed by atoms with E-state index < -0.39 is 0 Å². The molecule has 0 radical (unpaired) electrons. The molecule has 1 saturated carbocycles. The zero-order chi connectivity index (χ0) is 19.9. The van der Waals surface area contributed by atoms with Crippen molar-refractivity contribution < 1.29 is 9.47 Å². The lowest BCUT2D eigenvalue weighted by atomic mass is 10.1. The molecule has 0 amide bonds. The lowest BCUT2D eigenvalue weighted by Crippen LogP contribution is -2.47. The Morgan fingerprint density at radius 2 is 1.90 bits per heavy atom. The van der Waals surface area contributed by atoms with E-state index in [0.29, 0.717) is 12.4 Å². The summed E-state index contributed by atoms with van der Waals surface area (Å²) in [4.78, 5) is 11.1. The number of piperidine rings is 1. The van der Waals surface area contributed by atoms with Gasteiger partial charge in [-0.3, -0.25) is 4.99 Å². The normalized spacial score (nSPS) is 17.2. The molecule has 1 aliphatic carbocycles. The summed E-state index contributed by atoms with van der Waals surface area (Å²) < 4.78 is 11.9. The van der Waals surface area contributed by atoms with Crippen molar-refractivity contribution in [3.63, 3.8) is 0 Å². The van der Waals surface area contributed by atoms with Crippen LogP contribution in [0.1, 0.15) is 31.2 Å². The smallest absolute Gasteiger partial charge is 0.213 e. The van der Waals surface area contributed by atoms with E-state index in [1.54, 1.807) is 0 Å². The second-order valence-corrected chi connectivity index (χ2v) is 7.77. The minimum absolute atomic E-state index is 0. The molecule has 0 atom stereocenters. The van der Waals surface area contributed by atoms with Crippen LogP contribution in [0.5, 0.6) is 11.6 Å². The van der Waals surface area contributed by atoms with Crippen LogP contribution in [-0.2, 0) is 6.54 Å². The number of hydrogen-bond donors (Lipinski definition) is 1. The molecule has 2 heterocycles. The highest BCUT2D eigenvalue weighted by Crippen LogP contribution is 2.29. The molecule has 1 saturated heterocycles. The van der Waals surface area contributed by atoms with Crippen LogP contribution in [0, 0.1) is 5.92 Å². The van der Waals surface area contributed by atoms with Crippen LogP contribution < -0.4 is 14.8 Å². The molecule has 1 N–H and O–H groups in total. The van der Waals surface area contributed by atoms with Crippen LogP contribution in [0.4, 0.5) is 0 Å². The molecule has 6 nitrogen and oxygen atoms in total. The third kappa shape index (κ3) is 6.75. The summed E-state index contributed by atoms with van der Waals surface area (Å²) in [5.74, 6) is 3.32. The Bertz CT molecular complexity index is 806. The molecular weight excluding hydrogens is 491 g/mol. The molecule has 30 heavy (non-hydrogen) atoms. The van der Waals surface area contributed by atoms with Crippen LogP contribution >= 0.6 is 24.0 Å². The predicted octanol–water partition coefficient (Wildman–Crippen LogP) is 4.11. The van der Waals surface area contributed by atoms with E-state index in [-0.39, 0.29) is 30.1 Å². The molecule has 2 aliphatic rings. The molecule has 162 valence electrons. The SMILES string of the molecule is CN=C(NCc1ccnc(OCC2CC2)c1)N1CCC(Oc2ccccc2)CC1.I. The largest absolute Gasteiger partial charge is 0.490 e. The van der Waals surface area contributed by atoms with Crippen LogP contribution in [0.25, 0.3) is 0 Å². The van der Waals surface area contributed by atoms with Crippen molar-refractivity contribution in [2.24, 2.45) is 10.9 Å². The summed E-state index contributed by atoms with van der Waals surface area (Å²) in [6, 6.07) is 14.1. The van der Waals surface area contributed by atoms with Gasteiger partial charge >= 0.3 is 0 Å². The Kier molecular flexibility index (Phi) is 8.60. The number of benzene rings is 1. The van der Waals surface area contributed by atoms with Crippen LogP contribution in [0.15, 0.2) is 53.7 Å². The van der Waals surface area contributed by atoms with E-state index in [9.17, 15) is 0 Å². The Morgan fingerprint density at radius 3 is 2.60 bits per heavy atom. The molecule has 0 spiro atoms. The first-order chi connectivity index (χ1) is 14.3. The molecule has 4 rings (SSSR count). The Hall–Kier alpha value is -2.03. The number of guanidine groups is 1. The summed E-state index contributed by atoms with van der Waals surface area (Å²) in [7, 11) is 1.84. The monoisotopic (exact) mass is 522 g/mol.